The van der Waals surface area contributed by atoms with E-state index in [1.165, 1.54) is 14.5 Å². The number of amides is 1. The van der Waals surface area contributed by atoms with Gasteiger partial charge >= 0.3 is 5.97 Å². The Kier molecular flexibility index (Phi) is 7.99. The molecule has 0 bridgehead atoms. The summed E-state index contributed by atoms with van der Waals surface area (Å²) in [7, 11) is 1.55. The first-order valence-corrected chi connectivity index (χ1v) is 11.5. The van der Waals surface area contributed by atoms with E-state index in [9.17, 15) is 19.8 Å². The van der Waals surface area contributed by atoms with Crippen LogP contribution in [0.15, 0.2) is 89.5 Å². The molecule has 0 saturated carbocycles. The number of aromatic nitrogens is 2. The highest BCUT2D eigenvalue weighted by atomic mass is 16.6. The van der Waals surface area contributed by atoms with Gasteiger partial charge in [0.05, 0.1) is 18.9 Å². The zero-order valence-electron chi connectivity index (χ0n) is 20.2. The molecule has 1 aromatic heterocycles. The molecule has 0 unspecified atom stereocenters. The topological polar surface area (TPSA) is 123 Å². The van der Waals surface area contributed by atoms with Crippen LogP contribution in [0.3, 0.4) is 0 Å². The molecule has 1 heterocycles. The fourth-order valence-corrected chi connectivity index (χ4v) is 3.84. The normalized spacial score (nSPS) is 10.6. The second-order valence-electron chi connectivity index (χ2n) is 8.24. The molecule has 4 rings (SSSR count). The fraction of sp³-hybridized carbons (Fsp3) is 0.185. The molecule has 37 heavy (non-hydrogen) atoms. The van der Waals surface area contributed by atoms with E-state index in [-0.39, 0.29) is 37.8 Å². The van der Waals surface area contributed by atoms with Crippen LogP contribution >= 0.6 is 0 Å². The van der Waals surface area contributed by atoms with Crippen LogP contribution < -0.4 is 19.4 Å². The highest BCUT2D eigenvalue weighted by Gasteiger charge is 2.27. The van der Waals surface area contributed by atoms with Crippen molar-refractivity contribution in [2.45, 2.75) is 13.1 Å². The summed E-state index contributed by atoms with van der Waals surface area (Å²) in [5.41, 5.74) is 2.16. The lowest BCUT2D eigenvalue weighted by Gasteiger charge is -2.27. The standard InChI is InChI=1S/C27H26N4O6/c1-36-23-14-12-22(13-15-23)31-24(27(35)37-28-31)17-30(16-20-8-4-2-5-9-20)25(32)18-29(19-26(33)34)21-10-6-3-7-11-21/h2-15H,16-19H2,1H3,(H-,28,33,34,35). The lowest BCUT2D eigenvalue weighted by atomic mass is 10.2. The Morgan fingerprint density at radius 2 is 1.59 bits per heavy atom. The number of aliphatic carboxylic acids is 1. The number of anilines is 1. The van der Waals surface area contributed by atoms with Crippen LogP contribution in [0.4, 0.5) is 5.69 Å². The van der Waals surface area contributed by atoms with Gasteiger partial charge in [-0.15, -0.1) is 0 Å². The van der Waals surface area contributed by atoms with E-state index in [1.54, 1.807) is 55.6 Å². The first-order chi connectivity index (χ1) is 17.9. The third-order valence-electron chi connectivity index (χ3n) is 5.70. The maximum absolute atomic E-state index is 13.6. The minimum Gasteiger partial charge on any atom is -0.539 e. The van der Waals surface area contributed by atoms with Crippen LogP contribution in [0.5, 0.6) is 11.7 Å². The molecule has 10 nitrogen and oxygen atoms in total. The number of carboxylic acids is 1. The number of nitrogens with zero attached hydrogens (tertiary/aromatic N) is 4. The molecule has 0 atom stereocenters. The minimum atomic E-state index is -1.07. The van der Waals surface area contributed by atoms with Crippen molar-refractivity contribution in [3.63, 3.8) is 0 Å². The van der Waals surface area contributed by atoms with E-state index in [0.29, 0.717) is 17.1 Å². The predicted octanol–water partition coefficient (Wildman–Crippen LogP) is 2.15. The van der Waals surface area contributed by atoms with E-state index in [4.69, 9.17) is 9.26 Å². The molecule has 1 N–H and O–H groups in total. The summed E-state index contributed by atoms with van der Waals surface area (Å²) in [6.45, 7) is -0.466. The summed E-state index contributed by atoms with van der Waals surface area (Å²) in [6.07, 6.45) is 0. The molecule has 190 valence electrons. The van der Waals surface area contributed by atoms with E-state index in [0.717, 1.165) is 5.56 Å². The van der Waals surface area contributed by atoms with Gasteiger partial charge in [0.15, 0.2) is 5.95 Å². The molecule has 3 aromatic carbocycles. The number of carbonyl (C=O) groups excluding carboxylic acids is 1. The molecule has 1 amide bonds. The van der Waals surface area contributed by atoms with Crippen LogP contribution in [-0.4, -0.2) is 47.4 Å². The number of carboxylic acid groups (broad SMARTS) is 1. The second-order valence-corrected chi connectivity index (χ2v) is 8.24. The smallest absolute Gasteiger partial charge is 0.323 e. The monoisotopic (exact) mass is 502 g/mol. The number of para-hydroxylation sites is 1. The van der Waals surface area contributed by atoms with Crippen LogP contribution in [-0.2, 0) is 22.7 Å². The fourth-order valence-electron chi connectivity index (χ4n) is 3.84. The van der Waals surface area contributed by atoms with E-state index in [2.05, 4.69) is 5.27 Å². The average Bonchev–Trinajstić information content (AvgIpc) is 3.28. The van der Waals surface area contributed by atoms with E-state index >= 15 is 0 Å². The number of ether oxygens (including phenoxy) is 1. The van der Waals surface area contributed by atoms with Gasteiger partial charge in [0.1, 0.15) is 18.8 Å². The van der Waals surface area contributed by atoms with Gasteiger partial charge in [0, 0.05) is 24.4 Å². The summed E-state index contributed by atoms with van der Waals surface area (Å²) >= 11 is 0. The zero-order valence-corrected chi connectivity index (χ0v) is 20.2. The van der Waals surface area contributed by atoms with Crippen molar-refractivity contribution in [1.82, 2.24) is 10.2 Å². The Morgan fingerprint density at radius 1 is 0.946 bits per heavy atom. The molecule has 0 fully saturated rings. The number of carbonyl (C=O) groups is 2. The van der Waals surface area contributed by atoms with Crippen LogP contribution in [0.1, 0.15) is 11.3 Å². The molecule has 0 spiro atoms. The molecular formula is C27H26N4O6. The third kappa shape index (κ3) is 6.43. The first-order valence-electron chi connectivity index (χ1n) is 11.5. The van der Waals surface area contributed by atoms with Gasteiger partial charge in [-0.3, -0.25) is 9.59 Å². The van der Waals surface area contributed by atoms with E-state index in [1.807, 2.05) is 36.4 Å². The second kappa shape index (κ2) is 11.7. The Balaban J connectivity index is 1.64. The SMILES string of the molecule is COc1ccc(-[n+]2noc([O-])c2CN(Cc2ccccc2)C(=O)CN(CC(=O)O)c2ccccc2)cc1. The van der Waals surface area contributed by atoms with Gasteiger partial charge < -0.3 is 29.3 Å². The predicted molar refractivity (Wildman–Crippen MR) is 131 cm³/mol. The Bertz CT molecular complexity index is 1330. The number of methoxy groups -OCH3 is 1. The van der Waals surface area contributed by atoms with Crippen molar-refractivity contribution < 1.29 is 33.7 Å². The van der Waals surface area contributed by atoms with Crippen molar-refractivity contribution in [2.24, 2.45) is 0 Å². The summed E-state index contributed by atoms with van der Waals surface area (Å²) in [5, 5.41) is 25.9. The lowest BCUT2D eigenvalue weighted by Crippen LogP contribution is -2.45. The van der Waals surface area contributed by atoms with Crippen molar-refractivity contribution in [3.8, 4) is 17.4 Å². The molecule has 0 aliphatic heterocycles. The molecule has 0 radical (unpaired) electrons. The third-order valence-corrected chi connectivity index (χ3v) is 5.70. The Hall–Kier alpha value is -4.86. The number of hydrogen-bond acceptors (Lipinski definition) is 7. The number of hydrogen-bond donors (Lipinski definition) is 1. The van der Waals surface area contributed by atoms with Gasteiger partial charge in [-0.05, 0) is 34.5 Å². The molecule has 10 heteroatoms. The van der Waals surface area contributed by atoms with Gasteiger partial charge in [0.25, 0.3) is 5.69 Å². The molecule has 0 aliphatic carbocycles. The van der Waals surface area contributed by atoms with Gasteiger partial charge in [-0.25, -0.2) is 0 Å². The van der Waals surface area contributed by atoms with Crippen LogP contribution in [0.2, 0.25) is 0 Å². The number of rotatable bonds is 11. The molecule has 0 saturated heterocycles. The molecule has 0 aliphatic rings. The van der Waals surface area contributed by atoms with Crippen LogP contribution in [0.25, 0.3) is 5.69 Å². The lowest BCUT2D eigenvalue weighted by molar-refractivity contribution is -0.678. The summed E-state index contributed by atoms with van der Waals surface area (Å²) < 4.78 is 11.5. The van der Waals surface area contributed by atoms with Gasteiger partial charge in [0.2, 0.25) is 11.6 Å². The minimum absolute atomic E-state index is 0.0994. The Morgan fingerprint density at radius 3 is 2.22 bits per heavy atom. The summed E-state index contributed by atoms with van der Waals surface area (Å²) in [4.78, 5) is 28.1. The largest absolute Gasteiger partial charge is 0.539 e. The maximum atomic E-state index is 13.6. The quantitative estimate of drug-likeness (QED) is 0.310. The summed E-state index contributed by atoms with van der Waals surface area (Å²) in [5.74, 6) is -1.47. The van der Waals surface area contributed by atoms with E-state index < -0.39 is 11.9 Å². The molecular weight excluding hydrogens is 476 g/mol. The van der Waals surface area contributed by atoms with Gasteiger partial charge in [-0.2, -0.15) is 0 Å². The first kappa shape index (κ1) is 25.2. The highest BCUT2D eigenvalue weighted by Crippen LogP contribution is 2.19. The Labute approximate surface area is 213 Å². The van der Waals surface area contributed by atoms with Crippen molar-refractivity contribution in [1.29, 1.82) is 0 Å². The maximum Gasteiger partial charge on any atom is 0.323 e. The zero-order chi connectivity index (χ0) is 26.2. The van der Waals surface area contributed by atoms with Crippen molar-refractivity contribution in [2.75, 3.05) is 25.1 Å². The summed E-state index contributed by atoms with van der Waals surface area (Å²) in [6, 6.07) is 25.0. The molecule has 4 aromatic rings. The van der Waals surface area contributed by atoms with Crippen molar-refractivity contribution in [3.05, 3.63) is 96.2 Å². The van der Waals surface area contributed by atoms with Crippen molar-refractivity contribution >= 4 is 17.6 Å². The van der Waals surface area contributed by atoms with Gasteiger partial charge in [-0.1, -0.05) is 48.5 Å². The highest BCUT2D eigenvalue weighted by molar-refractivity contribution is 5.84. The average molecular weight is 503 g/mol. The van der Waals surface area contributed by atoms with Crippen LogP contribution in [0, 0.1) is 0 Å². The number of benzene rings is 3.